The molecule has 180 valence electrons. The van der Waals surface area contributed by atoms with Gasteiger partial charge in [-0.3, -0.25) is 19.7 Å². The molecule has 1 aliphatic rings. The fourth-order valence-electron chi connectivity index (χ4n) is 3.43. The maximum Gasteiger partial charge on any atom is 0.296 e. The molecule has 3 aromatic carbocycles. The van der Waals surface area contributed by atoms with E-state index >= 15 is 0 Å². The number of fused-ring (bicyclic) bond motifs is 1. The van der Waals surface area contributed by atoms with Gasteiger partial charge >= 0.3 is 0 Å². The lowest BCUT2D eigenvalue weighted by Crippen LogP contribution is -2.26. The van der Waals surface area contributed by atoms with E-state index < -0.39 is 10.8 Å². The summed E-state index contributed by atoms with van der Waals surface area (Å²) in [6.07, 6.45) is 0. The molecule has 0 atom stereocenters. The highest BCUT2D eigenvalue weighted by atomic mass is 16.7. The third kappa shape index (κ3) is 5.58. The van der Waals surface area contributed by atoms with Crippen molar-refractivity contribution >= 4 is 28.9 Å². The van der Waals surface area contributed by atoms with Gasteiger partial charge in [-0.15, -0.1) is 0 Å². The van der Waals surface area contributed by atoms with Gasteiger partial charge in [0.05, 0.1) is 30.2 Å². The second kappa shape index (κ2) is 10.4. The number of carbonyl (C=O) groups excluding carboxylic acids is 2. The number of ether oxygens (including phenoxy) is 3. The Labute approximate surface area is 200 Å². The zero-order valence-corrected chi connectivity index (χ0v) is 18.7. The zero-order chi connectivity index (χ0) is 24.8. The number of methoxy groups -OCH3 is 1. The number of nitro groups is 1. The number of hydrogen-bond acceptors (Lipinski definition) is 8. The third-order valence-electron chi connectivity index (χ3n) is 5.18. The minimum Gasteiger partial charge on any atom is -0.496 e. The Morgan fingerprint density at radius 3 is 2.63 bits per heavy atom. The Kier molecular flexibility index (Phi) is 6.96. The molecule has 0 spiro atoms. The van der Waals surface area contributed by atoms with Gasteiger partial charge in [0.2, 0.25) is 12.7 Å². The van der Waals surface area contributed by atoms with Crippen molar-refractivity contribution in [3.05, 3.63) is 81.9 Å². The van der Waals surface area contributed by atoms with Crippen LogP contribution in [0.3, 0.4) is 0 Å². The molecular formula is C24H22N4O7. The number of nitrogens with one attached hydrogen (secondary N) is 3. The number of hydrogen-bond donors (Lipinski definition) is 3. The van der Waals surface area contributed by atoms with E-state index in [0.29, 0.717) is 28.5 Å². The summed E-state index contributed by atoms with van der Waals surface area (Å²) in [5, 5.41) is 19.6. The lowest BCUT2D eigenvalue weighted by molar-refractivity contribution is -0.384. The minimum absolute atomic E-state index is 0.0392. The fourth-order valence-corrected chi connectivity index (χ4v) is 3.43. The number of rotatable bonds is 9. The smallest absolute Gasteiger partial charge is 0.296 e. The summed E-state index contributed by atoms with van der Waals surface area (Å²) in [6, 6.07) is 16.3. The largest absolute Gasteiger partial charge is 0.496 e. The van der Waals surface area contributed by atoms with E-state index in [1.165, 1.54) is 25.3 Å². The predicted molar refractivity (Wildman–Crippen MR) is 127 cm³/mol. The van der Waals surface area contributed by atoms with Crippen LogP contribution in [0.5, 0.6) is 17.2 Å². The predicted octanol–water partition coefficient (Wildman–Crippen LogP) is 3.31. The van der Waals surface area contributed by atoms with Crippen molar-refractivity contribution in [2.45, 2.75) is 6.54 Å². The van der Waals surface area contributed by atoms with Gasteiger partial charge < -0.3 is 30.2 Å². The van der Waals surface area contributed by atoms with Crippen LogP contribution in [-0.2, 0) is 11.3 Å². The van der Waals surface area contributed by atoms with Crippen LogP contribution in [0.2, 0.25) is 0 Å². The number of benzene rings is 3. The summed E-state index contributed by atoms with van der Waals surface area (Å²) >= 11 is 0. The molecule has 0 unspecified atom stereocenters. The van der Waals surface area contributed by atoms with Crippen LogP contribution in [0, 0.1) is 10.1 Å². The van der Waals surface area contributed by atoms with Gasteiger partial charge in [0.1, 0.15) is 11.4 Å². The molecule has 1 heterocycles. The summed E-state index contributed by atoms with van der Waals surface area (Å²) in [5.41, 5.74) is 1.37. The lowest BCUT2D eigenvalue weighted by Gasteiger charge is -2.13. The van der Waals surface area contributed by atoms with Crippen molar-refractivity contribution in [2.24, 2.45) is 0 Å². The first kappa shape index (κ1) is 23.4. The molecule has 1 aliphatic heterocycles. The van der Waals surface area contributed by atoms with Crippen LogP contribution in [0.1, 0.15) is 15.9 Å². The highest BCUT2D eigenvalue weighted by Gasteiger charge is 2.18. The van der Waals surface area contributed by atoms with E-state index in [1.807, 2.05) is 6.07 Å². The third-order valence-corrected chi connectivity index (χ3v) is 5.18. The fraction of sp³-hybridized carbons (Fsp3) is 0.167. The van der Waals surface area contributed by atoms with Crippen LogP contribution in [0.15, 0.2) is 60.7 Å². The maximum atomic E-state index is 12.8. The van der Waals surface area contributed by atoms with E-state index in [4.69, 9.17) is 14.2 Å². The standard InChI is InChI=1S/C24H22N4O7/c1-33-16-7-8-19(20(11-16)28(31)32)27-23(29)13-25-18-5-3-2-4-17(18)24(30)26-12-15-6-9-21-22(10-15)35-14-34-21/h2-11,25H,12-14H2,1H3,(H,26,30)(H,27,29). The molecule has 2 amide bonds. The summed E-state index contributed by atoms with van der Waals surface area (Å²) < 4.78 is 15.6. The Morgan fingerprint density at radius 2 is 1.83 bits per heavy atom. The highest BCUT2D eigenvalue weighted by molar-refractivity contribution is 6.01. The van der Waals surface area contributed by atoms with Crippen LogP contribution in [0.4, 0.5) is 17.1 Å². The second-order valence-corrected chi connectivity index (χ2v) is 7.46. The Morgan fingerprint density at radius 1 is 1.03 bits per heavy atom. The Hall–Kier alpha value is -4.80. The molecule has 0 fully saturated rings. The van der Waals surface area contributed by atoms with Crippen LogP contribution >= 0.6 is 0 Å². The van der Waals surface area contributed by atoms with E-state index in [0.717, 1.165) is 5.56 Å². The number of nitrogens with zero attached hydrogens (tertiary/aromatic N) is 1. The first-order valence-corrected chi connectivity index (χ1v) is 10.6. The molecule has 0 saturated heterocycles. The molecular weight excluding hydrogens is 456 g/mol. The number of anilines is 2. The first-order valence-electron chi connectivity index (χ1n) is 10.6. The number of para-hydroxylation sites is 1. The van der Waals surface area contributed by atoms with Crippen molar-refractivity contribution in [1.29, 1.82) is 0 Å². The maximum absolute atomic E-state index is 12.8. The van der Waals surface area contributed by atoms with Crippen molar-refractivity contribution in [3.8, 4) is 17.2 Å². The quantitative estimate of drug-likeness (QED) is 0.314. The normalized spacial score (nSPS) is 11.5. The highest BCUT2D eigenvalue weighted by Crippen LogP contribution is 2.32. The van der Waals surface area contributed by atoms with E-state index in [1.54, 1.807) is 36.4 Å². The monoisotopic (exact) mass is 478 g/mol. The molecule has 11 nitrogen and oxygen atoms in total. The van der Waals surface area contributed by atoms with Gasteiger partial charge in [-0.2, -0.15) is 0 Å². The van der Waals surface area contributed by atoms with Gasteiger partial charge in [-0.05, 0) is 42.0 Å². The molecule has 3 N–H and O–H groups in total. The lowest BCUT2D eigenvalue weighted by atomic mass is 10.1. The average Bonchev–Trinajstić information content (AvgIpc) is 3.34. The molecule has 0 bridgehead atoms. The molecule has 0 aliphatic carbocycles. The number of nitro benzene ring substituents is 1. The molecule has 0 aromatic heterocycles. The van der Waals surface area contributed by atoms with Crippen LogP contribution in [0.25, 0.3) is 0 Å². The first-order chi connectivity index (χ1) is 16.9. The number of carbonyl (C=O) groups is 2. The summed E-state index contributed by atoms with van der Waals surface area (Å²) in [6.45, 7) is 0.227. The Balaban J connectivity index is 1.37. The molecule has 11 heteroatoms. The molecule has 4 rings (SSSR count). The van der Waals surface area contributed by atoms with E-state index in [9.17, 15) is 19.7 Å². The summed E-state index contributed by atoms with van der Waals surface area (Å²) in [7, 11) is 1.39. The van der Waals surface area contributed by atoms with Gasteiger partial charge in [0.15, 0.2) is 11.5 Å². The summed E-state index contributed by atoms with van der Waals surface area (Å²) in [5.74, 6) is 0.731. The van der Waals surface area contributed by atoms with Crippen molar-refractivity contribution < 1.29 is 28.7 Å². The molecule has 0 radical (unpaired) electrons. The van der Waals surface area contributed by atoms with Crippen molar-refractivity contribution in [3.63, 3.8) is 0 Å². The number of amides is 2. The van der Waals surface area contributed by atoms with Gasteiger partial charge in [0, 0.05) is 12.2 Å². The summed E-state index contributed by atoms with van der Waals surface area (Å²) in [4.78, 5) is 36.0. The topological polar surface area (TPSA) is 141 Å². The van der Waals surface area contributed by atoms with Gasteiger partial charge in [-0.25, -0.2) is 0 Å². The average molecular weight is 478 g/mol. The van der Waals surface area contributed by atoms with E-state index in [-0.39, 0.29) is 37.2 Å². The van der Waals surface area contributed by atoms with Gasteiger partial charge in [0.25, 0.3) is 11.6 Å². The van der Waals surface area contributed by atoms with Crippen molar-refractivity contribution in [1.82, 2.24) is 5.32 Å². The van der Waals surface area contributed by atoms with E-state index in [2.05, 4.69) is 16.0 Å². The second-order valence-electron chi connectivity index (χ2n) is 7.46. The Bertz CT molecular complexity index is 1280. The SMILES string of the molecule is COc1ccc(NC(=O)CNc2ccccc2C(=O)NCc2ccc3c(c2)OCO3)c([N+](=O)[O-])c1. The molecule has 35 heavy (non-hydrogen) atoms. The van der Waals surface area contributed by atoms with Crippen molar-refractivity contribution in [2.75, 3.05) is 31.1 Å². The molecule has 3 aromatic rings. The molecule has 0 saturated carbocycles. The van der Waals surface area contributed by atoms with Crippen LogP contribution in [-0.4, -0.2) is 37.2 Å². The van der Waals surface area contributed by atoms with Crippen LogP contribution < -0.4 is 30.2 Å². The zero-order valence-electron chi connectivity index (χ0n) is 18.7. The minimum atomic E-state index is -0.606. The van der Waals surface area contributed by atoms with Gasteiger partial charge in [-0.1, -0.05) is 18.2 Å².